The van der Waals surface area contributed by atoms with Gasteiger partial charge in [0, 0.05) is 23.3 Å². The van der Waals surface area contributed by atoms with Crippen molar-refractivity contribution < 1.29 is 26.5 Å². The predicted octanol–water partition coefficient (Wildman–Crippen LogP) is 3.17. The van der Waals surface area contributed by atoms with Gasteiger partial charge in [-0.2, -0.15) is 12.1 Å². The van der Waals surface area contributed by atoms with Crippen LogP contribution in [0.2, 0.25) is 0 Å². The molecule has 1 aliphatic rings. The molecule has 3 aromatic rings. The number of ether oxygens (including phenoxy) is 1. The second kappa shape index (κ2) is 6.82. The number of nitro groups is 1. The van der Waals surface area contributed by atoms with E-state index in [1.54, 1.807) is 18.2 Å². The van der Waals surface area contributed by atoms with Crippen molar-refractivity contribution in [3.05, 3.63) is 76.8 Å². The number of hydrogen-bond acceptors (Lipinski definition) is 7. The van der Waals surface area contributed by atoms with Crippen molar-refractivity contribution in [1.82, 2.24) is 0 Å². The summed E-state index contributed by atoms with van der Waals surface area (Å²) < 4.78 is 58.9. The van der Waals surface area contributed by atoms with Gasteiger partial charge in [0.15, 0.2) is 0 Å². The molecule has 30 heavy (non-hydrogen) atoms. The van der Waals surface area contributed by atoms with Gasteiger partial charge in [-0.1, -0.05) is 18.2 Å². The zero-order chi connectivity index (χ0) is 21.7. The van der Waals surface area contributed by atoms with Gasteiger partial charge in [0.05, 0.1) is 27.5 Å². The Kier molecular flexibility index (Phi) is 4.51. The minimum absolute atomic E-state index is 0.0622. The van der Waals surface area contributed by atoms with Crippen molar-refractivity contribution in [2.45, 2.75) is 9.79 Å². The van der Waals surface area contributed by atoms with Crippen LogP contribution >= 0.6 is 0 Å². The highest BCUT2D eigenvalue weighted by atomic mass is 32.3. The third-order valence-corrected chi connectivity index (χ3v) is 8.86. The van der Waals surface area contributed by atoms with E-state index in [2.05, 4.69) is 0 Å². The molecular weight excluding hydrogens is 432 g/mol. The molecule has 0 atom stereocenters. The summed E-state index contributed by atoms with van der Waals surface area (Å²) in [5, 5.41) is 10.9. The van der Waals surface area contributed by atoms with Gasteiger partial charge in [-0.25, -0.2) is 8.42 Å². The Bertz CT molecular complexity index is 1380. The number of anilines is 1. The Morgan fingerprint density at radius 2 is 1.63 bits per heavy atom. The fraction of sp³-hybridized carbons (Fsp3) is 0.0526. The summed E-state index contributed by atoms with van der Waals surface area (Å²) in [5.41, 5.74) is 0.339. The second-order valence-corrected chi connectivity index (χ2v) is 10.1. The van der Waals surface area contributed by atoms with Crippen LogP contribution in [0.5, 0.6) is 5.75 Å². The highest BCUT2D eigenvalue weighted by molar-refractivity contribution is 8.10. The van der Waals surface area contributed by atoms with Crippen molar-refractivity contribution in [1.29, 1.82) is 0 Å². The zero-order valence-corrected chi connectivity index (χ0v) is 17.1. The molecule has 0 amide bonds. The molecule has 9 nitrogen and oxygen atoms in total. The van der Waals surface area contributed by atoms with Crippen molar-refractivity contribution in [3.8, 4) is 16.9 Å². The van der Waals surface area contributed by atoms with E-state index in [1.165, 1.54) is 31.4 Å². The third kappa shape index (κ3) is 2.90. The number of rotatable bonds is 4. The molecule has 0 saturated heterocycles. The number of sulfonamides is 2. The molecule has 0 aliphatic carbocycles. The summed E-state index contributed by atoms with van der Waals surface area (Å²) in [7, 11) is -7.64. The molecule has 0 fully saturated rings. The fourth-order valence-electron chi connectivity index (χ4n) is 3.24. The first kappa shape index (κ1) is 19.9. The molecule has 0 aromatic heterocycles. The lowest BCUT2D eigenvalue weighted by Crippen LogP contribution is -2.39. The number of benzene rings is 3. The van der Waals surface area contributed by atoms with E-state index in [0.717, 1.165) is 24.3 Å². The lowest BCUT2D eigenvalue weighted by Gasteiger charge is -2.31. The van der Waals surface area contributed by atoms with Gasteiger partial charge in [-0.15, -0.1) is 0 Å². The van der Waals surface area contributed by atoms with E-state index in [9.17, 15) is 26.9 Å². The first-order valence-corrected chi connectivity index (χ1v) is 11.4. The molecule has 11 heteroatoms. The Morgan fingerprint density at radius 3 is 2.27 bits per heavy atom. The SMILES string of the molecule is COc1ccc2c(c1)-c1ccccc1S(=O)(=O)N2S(=O)(=O)c1ccc([N+](=O)[O-])cc1. The maximum atomic E-state index is 13.4. The summed E-state index contributed by atoms with van der Waals surface area (Å²) >= 11 is 0. The number of non-ortho nitro benzene ring substituents is 1. The zero-order valence-electron chi connectivity index (χ0n) is 15.4. The Hall–Kier alpha value is -3.44. The number of hydrogen-bond donors (Lipinski definition) is 0. The topological polar surface area (TPSA) is 124 Å². The third-order valence-electron chi connectivity index (χ3n) is 4.64. The van der Waals surface area contributed by atoms with Crippen LogP contribution in [0.1, 0.15) is 0 Å². The van der Waals surface area contributed by atoms with Crippen molar-refractivity contribution in [2.75, 3.05) is 10.8 Å². The van der Waals surface area contributed by atoms with Gasteiger partial charge in [0.1, 0.15) is 5.75 Å². The maximum absolute atomic E-state index is 13.4. The van der Waals surface area contributed by atoms with Crippen LogP contribution in [0.15, 0.2) is 76.5 Å². The second-order valence-electron chi connectivity index (χ2n) is 6.34. The van der Waals surface area contributed by atoms with Crippen LogP contribution in [-0.2, 0) is 20.0 Å². The average molecular weight is 446 g/mol. The molecule has 0 bridgehead atoms. The average Bonchev–Trinajstić information content (AvgIpc) is 2.73. The van der Waals surface area contributed by atoms with E-state index in [4.69, 9.17) is 4.74 Å². The van der Waals surface area contributed by atoms with Crippen LogP contribution in [-0.4, -0.2) is 28.9 Å². The van der Waals surface area contributed by atoms with Gasteiger partial charge >= 0.3 is 0 Å². The minimum atomic E-state index is -4.61. The molecule has 0 spiro atoms. The highest BCUT2D eigenvalue weighted by Gasteiger charge is 2.43. The summed E-state index contributed by atoms with van der Waals surface area (Å²) in [6.45, 7) is 0. The van der Waals surface area contributed by atoms with Gasteiger partial charge in [0.25, 0.3) is 25.7 Å². The molecule has 0 saturated carbocycles. The number of methoxy groups -OCH3 is 1. The molecule has 0 N–H and O–H groups in total. The first-order chi connectivity index (χ1) is 14.2. The van der Waals surface area contributed by atoms with Gasteiger partial charge in [-0.3, -0.25) is 10.1 Å². The lowest BCUT2D eigenvalue weighted by molar-refractivity contribution is -0.384. The molecule has 154 valence electrons. The van der Waals surface area contributed by atoms with E-state index < -0.39 is 29.9 Å². The monoisotopic (exact) mass is 446 g/mol. The molecule has 4 rings (SSSR count). The maximum Gasteiger partial charge on any atom is 0.278 e. The normalized spacial score (nSPS) is 14.5. The summed E-state index contributed by atoms with van der Waals surface area (Å²) in [6.07, 6.45) is 0. The summed E-state index contributed by atoms with van der Waals surface area (Å²) in [5.74, 6) is 0.426. The van der Waals surface area contributed by atoms with Gasteiger partial charge in [-0.05, 0) is 36.4 Å². The Labute approximate surface area is 172 Å². The smallest absolute Gasteiger partial charge is 0.278 e. The van der Waals surface area contributed by atoms with Crippen LogP contribution < -0.4 is 8.45 Å². The van der Waals surface area contributed by atoms with Crippen LogP contribution in [0.25, 0.3) is 11.1 Å². The molecule has 0 radical (unpaired) electrons. The summed E-state index contributed by atoms with van der Waals surface area (Å²) in [4.78, 5) is 9.63. The minimum Gasteiger partial charge on any atom is -0.497 e. The standard InChI is InChI=1S/C19H14N2O7S2/c1-28-14-8-11-18-17(12-14)16-4-2-3-5-19(16)30(26,27)21(18)29(24,25)15-9-6-13(7-10-15)20(22)23/h2-12H,1H3. The largest absolute Gasteiger partial charge is 0.497 e. The number of fused-ring (bicyclic) bond motifs is 3. The highest BCUT2D eigenvalue weighted by Crippen LogP contribution is 2.46. The lowest BCUT2D eigenvalue weighted by atomic mass is 10.0. The molecule has 1 heterocycles. The van der Waals surface area contributed by atoms with Crippen molar-refractivity contribution >= 4 is 31.4 Å². The Morgan fingerprint density at radius 1 is 0.967 bits per heavy atom. The van der Waals surface area contributed by atoms with E-state index in [0.29, 0.717) is 20.6 Å². The number of nitro benzene ring substituents is 1. The van der Waals surface area contributed by atoms with E-state index in [1.807, 2.05) is 0 Å². The van der Waals surface area contributed by atoms with Crippen molar-refractivity contribution in [3.63, 3.8) is 0 Å². The van der Waals surface area contributed by atoms with Crippen LogP contribution in [0.3, 0.4) is 0 Å². The van der Waals surface area contributed by atoms with Crippen LogP contribution in [0.4, 0.5) is 11.4 Å². The summed E-state index contributed by atoms with van der Waals surface area (Å²) in [6, 6.07) is 14.5. The predicted molar refractivity (Wildman–Crippen MR) is 108 cm³/mol. The molecule has 1 aliphatic heterocycles. The number of nitrogens with zero attached hydrogens (tertiary/aromatic N) is 2. The fourth-order valence-corrected chi connectivity index (χ4v) is 7.17. The van der Waals surface area contributed by atoms with E-state index in [-0.39, 0.29) is 16.3 Å². The molecule has 0 unspecified atom stereocenters. The quantitative estimate of drug-likeness (QED) is 0.445. The van der Waals surface area contributed by atoms with Crippen LogP contribution in [0, 0.1) is 10.1 Å². The van der Waals surface area contributed by atoms with E-state index >= 15 is 0 Å². The van der Waals surface area contributed by atoms with Crippen molar-refractivity contribution in [2.24, 2.45) is 0 Å². The Balaban J connectivity index is 1.99. The molecule has 3 aromatic carbocycles. The van der Waals surface area contributed by atoms with Gasteiger partial charge < -0.3 is 4.74 Å². The molecular formula is C19H14N2O7S2. The van der Waals surface area contributed by atoms with Gasteiger partial charge in [0.2, 0.25) is 0 Å². The first-order valence-electron chi connectivity index (χ1n) is 8.50.